The monoisotopic (exact) mass is 302 g/mol. The minimum absolute atomic E-state index is 0.973. The Morgan fingerprint density at radius 2 is 2.00 bits per heavy atom. The highest BCUT2D eigenvalue weighted by Gasteiger charge is 2.15. The van der Waals surface area contributed by atoms with E-state index in [9.17, 15) is 0 Å². The average Bonchev–Trinajstić information content (AvgIpc) is 2.39. The topological polar surface area (TPSA) is 16.1 Å². The van der Waals surface area contributed by atoms with E-state index >= 15 is 0 Å². The van der Waals surface area contributed by atoms with E-state index in [1.807, 2.05) is 12.4 Å². The van der Waals surface area contributed by atoms with Gasteiger partial charge >= 0.3 is 0 Å². The Morgan fingerprint density at radius 3 is 2.83 bits per heavy atom. The van der Waals surface area contributed by atoms with Gasteiger partial charge in [0.25, 0.3) is 0 Å². The molecule has 0 spiro atoms. The maximum Gasteiger partial charge on any atom is 0.0410 e. The molecule has 18 heavy (non-hydrogen) atoms. The maximum atomic E-state index is 4.22. The fraction of sp³-hybridized carbons (Fsp3) is 0.267. The normalized spacial score (nSPS) is 15.4. The van der Waals surface area contributed by atoms with E-state index < -0.39 is 0 Å². The molecule has 0 atom stereocenters. The number of hydrogen-bond donors (Lipinski definition) is 0. The molecule has 0 fully saturated rings. The summed E-state index contributed by atoms with van der Waals surface area (Å²) in [5.41, 5.74) is 4.23. The summed E-state index contributed by atoms with van der Waals surface area (Å²) < 4.78 is 1.05. The van der Waals surface area contributed by atoms with Gasteiger partial charge in [-0.05, 0) is 45.1 Å². The van der Waals surface area contributed by atoms with Crippen molar-refractivity contribution in [3.63, 3.8) is 0 Å². The Morgan fingerprint density at radius 1 is 1.17 bits per heavy atom. The summed E-state index contributed by atoms with van der Waals surface area (Å²) in [6.45, 7) is 3.15. The SMILES string of the molecule is Brc1cncc(CN2CCc3ccccc3C2)c1. The molecule has 2 nitrogen and oxygen atoms in total. The van der Waals surface area contributed by atoms with E-state index in [-0.39, 0.29) is 0 Å². The fourth-order valence-electron chi connectivity index (χ4n) is 2.49. The van der Waals surface area contributed by atoms with E-state index in [1.165, 1.54) is 16.7 Å². The minimum atomic E-state index is 0.973. The molecular formula is C15H15BrN2. The van der Waals surface area contributed by atoms with Gasteiger partial charge in [-0.2, -0.15) is 0 Å². The third kappa shape index (κ3) is 2.62. The zero-order chi connectivity index (χ0) is 12.4. The van der Waals surface area contributed by atoms with Crippen LogP contribution in [0.25, 0.3) is 0 Å². The van der Waals surface area contributed by atoms with Gasteiger partial charge in [-0.15, -0.1) is 0 Å². The van der Waals surface area contributed by atoms with Crippen LogP contribution in [0.1, 0.15) is 16.7 Å². The first-order chi connectivity index (χ1) is 8.81. The van der Waals surface area contributed by atoms with Crippen molar-refractivity contribution >= 4 is 15.9 Å². The molecule has 1 aromatic heterocycles. The lowest BCUT2D eigenvalue weighted by molar-refractivity contribution is 0.245. The van der Waals surface area contributed by atoms with Crippen molar-refractivity contribution in [2.24, 2.45) is 0 Å². The van der Waals surface area contributed by atoms with Gasteiger partial charge in [-0.3, -0.25) is 9.88 Å². The van der Waals surface area contributed by atoms with Crippen LogP contribution in [-0.2, 0) is 19.5 Å². The lowest BCUT2D eigenvalue weighted by atomic mass is 10.00. The number of pyridine rings is 1. The van der Waals surface area contributed by atoms with E-state index in [2.05, 4.69) is 56.1 Å². The van der Waals surface area contributed by atoms with Crippen LogP contribution in [0, 0.1) is 0 Å². The van der Waals surface area contributed by atoms with Gasteiger partial charge in [-0.1, -0.05) is 24.3 Å². The van der Waals surface area contributed by atoms with E-state index in [4.69, 9.17) is 0 Å². The fourth-order valence-corrected chi connectivity index (χ4v) is 2.90. The first-order valence-electron chi connectivity index (χ1n) is 6.20. The lowest BCUT2D eigenvalue weighted by Crippen LogP contribution is -2.29. The number of benzene rings is 1. The second-order valence-corrected chi connectivity index (χ2v) is 5.66. The molecule has 0 unspecified atom stereocenters. The minimum Gasteiger partial charge on any atom is -0.294 e. The highest BCUT2D eigenvalue weighted by atomic mass is 79.9. The molecular weight excluding hydrogens is 288 g/mol. The Hall–Kier alpha value is -1.19. The van der Waals surface area contributed by atoms with Crippen LogP contribution in [0.4, 0.5) is 0 Å². The molecule has 1 aliphatic heterocycles. The van der Waals surface area contributed by atoms with Crippen LogP contribution in [0.2, 0.25) is 0 Å². The summed E-state index contributed by atoms with van der Waals surface area (Å²) in [5.74, 6) is 0. The van der Waals surface area contributed by atoms with Gasteiger partial charge in [0.15, 0.2) is 0 Å². The zero-order valence-corrected chi connectivity index (χ0v) is 11.7. The molecule has 2 heterocycles. The number of halogens is 1. The molecule has 1 aliphatic rings. The number of hydrogen-bond acceptors (Lipinski definition) is 2. The van der Waals surface area contributed by atoms with Crippen LogP contribution >= 0.6 is 15.9 Å². The van der Waals surface area contributed by atoms with Crippen molar-refractivity contribution in [1.29, 1.82) is 0 Å². The Balaban J connectivity index is 1.73. The molecule has 0 bridgehead atoms. The number of aromatic nitrogens is 1. The smallest absolute Gasteiger partial charge is 0.0410 e. The first-order valence-corrected chi connectivity index (χ1v) is 6.99. The highest BCUT2D eigenvalue weighted by Crippen LogP contribution is 2.20. The van der Waals surface area contributed by atoms with E-state index in [0.717, 1.165) is 30.5 Å². The van der Waals surface area contributed by atoms with Crippen molar-refractivity contribution in [2.75, 3.05) is 6.54 Å². The van der Waals surface area contributed by atoms with Gasteiger partial charge in [0.05, 0.1) is 0 Å². The number of fused-ring (bicyclic) bond motifs is 1. The predicted octanol–water partition coefficient (Wildman–Crippen LogP) is 3.40. The highest BCUT2D eigenvalue weighted by molar-refractivity contribution is 9.10. The molecule has 0 saturated heterocycles. The van der Waals surface area contributed by atoms with Crippen molar-refractivity contribution in [1.82, 2.24) is 9.88 Å². The summed E-state index contributed by atoms with van der Waals surface area (Å²) in [7, 11) is 0. The summed E-state index contributed by atoms with van der Waals surface area (Å²) in [5, 5.41) is 0. The molecule has 0 N–H and O–H groups in total. The van der Waals surface area contributed by atoms with Gasteiger partial charge in [-0.25, -0.2) is 0 Å². The summed E-state index contributed by atoms with van der Waals surface area (Å²) in [6, 6.07) is 10.9. The van der Waals surface area contributed by atoms with Crippen LogP contribution in [0.3, 0.4) is 0 Å². The summed E-state index contributed by atoms with van der Waals surface area (Å²) >= 11 is 3.47. The Kier molecular flexibility index (Phi) is 3.43. The average molecular weight is 303 g/mol. The third-order valence-corrected chi connectivity index (χ3v) is 3.81. The second kappa shape index (κ2) is 5.21. The molecule has 92 valence electrons. The molecule has 1 aromatic carbocycles. The molecule has 0 radical (unpaired) electrons. The summed E-state index contributed by atoms with van der Waals surface area (Å²) in [6.07, 6.45) is 4.93. The van der Waals surface area contributed by atoms with Crippen LogP contribution in [-0.4, -0.2) is 16.4 Å². The van der Waals surface area contributed by atoms with Gasteiger partial charge in [0.2, 0.25) is 0 Å². The van der Waals surface area contributed by atoms with Crippen LogP contribution < -0.4 is 0 Å². The van der Waals surface area contributed by atoms with Gasteiger partial charge in [0.1, 0.15) is 0 Å². The lowest BCUT2D eigenvalue weighted by Gasteiger charge is -2.28. The molecule has 3 rings (SSSR count). The van der Waals surface area contributed by atoms with E-state index in [0.29, 0.717) is 0 Å². The Labute approximate surface area is 116 Å². The molecule has 0 saturated carbocycles. The van der Waals surface area contributed by atoms with Gasteiger partial charge < -0.3 is 0 Å². The second-order valence-electron chi connectivity index (χ2n) is 4.74. The molecule has 3 heteroatoms. The van der Waals surface area contributed by atoms with E-state index in [1.54, 1.807) is 0 Å². The zero-order valence-electron chi connectivity index (χ0n) is 10.1. The number of rotatable bonds is 2. The number of nitrogens with zero attached hydrogens (tertiary/aromatic N) is 2. The van der Waals surface area contributed by atoms with Crippen LogP contribution in [0.5, 0.6) is 0 Å². The molecule has 0 amide bonds. The summed E-state index contributed by atoms with van der Waals surface area (Å²) in [4.78, 5) is 6.70. The molecule has 2 aromatic rings. The Bertz CT molecular complexity index is 554. The maximum absolute atomic E-state index is 4.22. The van der Waals surface area contributed by atoms with Crippen LogP contribution in [0.15, 0.2) is 47.2 Å². The standard InChI is InChI=1S/C15H15BrN2/c16-15-7-12(8-17-9-15)10-18-6-5-13-3-1-2-4-14(13)11-18/h1-4,7-9H,5-6,10-11H2. The van der Waals surface area contributed by atoms with Gasteiger partial charge in [0, 0.05) is 36.5 Å². The predicted molar refractivity (Wildman–Crippen MR) is 76.2 cm³/mol. The third-order valence-electron chi connectivity index (χ3n) is 3.38. The van der Waals surface area contributed by atoms with Crippen molar-refractivity contribution in [2.45, 2.75) is 19.5 Å². The largest absolute Gasteiger partial charge is 0.294 e. The van der Waals surface area contributed by atoms with Crippen molar-refractivity contribution < 1.29 is 0 Å². The molecule has 0 aliphatic carbocycles. The van der Waals surface area contributed by atoms with Crippen molar-refractivity contribution in [3.05, 3.63) is 63.9 Å². The van der Waals surface area contributed by atoms with Crippen molar-refractivity contribution in [3.8, 4) is 0 Å². The quantitative estimate of drug-likeness (QED) is 0.845. The first kappa shape index (κ1) is 11.9.